The van der Waals surface area contributed by atoms with E-state index in [2.05, 4.69) is 4.90 Å². The molecular weight excluding hydrogens is 502 g/mol. The van der Waals surface area contributed by atoms with Crippen LogP contribution in [0.4, 0.5) is 17.6 Å². The topological polar surface area (TPSA) is 59.0 Å². The summed E-state index contributed by atoms with van der Waals surface area (Å²) in [6.07, 6.45) is -1.66. The van der Waals surface area contributed by atoms with E-state index in [4.69, 9.17) is 9.47 Å². The van der Waals surface area contributed by atoms with Crippen molar-refractivity contribution in [3.63, 3.8) is 0 Å². The number of benzene rings is 2. The predicted molar refractivity (Wildman–Crippen MR) is 137 cm³/mol. The summed E-state index contributed by atoms with van der Waals surface area (Å²) in [5, 5.41) is 10.7. The Balaban J connectivity index is 1.65. The second-order valence-corrected chi connectivity index (χ2v) is 9.60. The fourth-order valence-electron chi connectivity index (χ4n) is 4.78. The lowest BCUT2D eigenvalue weighted by Gasteiger charge is -2.28. The van der Waals surface area contributed by atoms with Crippen molar-refractivity contribution in [1.82, 2.24) is 4.90 Å². The smallest absolute Gasteiger partial charge is 0.416 e. The van der Waals surface area contributed by atoms with Gasteiger partial charge in [-0.2, -0.15) is 13.2 Å². The van der Waals surface area contributed by atoms with Crippen molar-refractivity contribution < 1.29 is 36.9 Å². The van der Waals surface area contributed by atoms with Crippen molar-refractivity contribution >= 4 is 12.0 Å². The lowest BCUT2D eigenvalue weighted by molar-refractivity contribution is -0.138. The second-order valence-electron chi connectivity index (χ2n) is 9.60. The zero-order valence-corrected chi connectivity index (χ0v) is 21.9. The molecule has 1 saturated heterocycles. The molecule has 0 bridgehead atoms. The van der Waals surface area contributed by atoms with Gasteiger partial charge in [0.15, 0.2) is 0 Å². The van der Waals surface area contributed by atoms with Gasteiger partial charge in [-0.3, -0.25) is 4.90 Å². The van der Waals surface area contributed by atoms with Gasteiger partial charge in [-0.05, 0) is 87.0 Å². The van der Waals surface area contributed by atoms with Crippen LogP contribution in [0.1, 0.15) is 60.6 Å². The Bertz CT molecular complexity index is 1120. The number of esters is 1. The molecule has 1 aliphatic heterocycles. The number of aryl methyl sites for hydroxylation is 1. The van der Waals surface area contributed by atoms with Crippen LogP contribution in [-0.4, -0.2) is 54.4 Å². The van der Waals surface area contributed by atoms with Crippen molar-refractivity contribution in [3.05, 3.63) is 76.1 Å². The molecule has 1 heterocycles. The zero-order chi connectivity index (χ0) is 27.9. The highest BCUT2D eigenvalue weighted by Gasteiger charge is 2.34. The third kappa shape index (κ3) is 8.12. The molecule has 2 aromatic carbocycles. The molecule has 9 heteroatoms. The Labute approximate surface area is 221 Å². The summed E-state index contributed by atoms with van der Waals surface area (Å²) >= 11 is 0. The summed E-state index contributed by atoms with van der Waals surface area (Å²) in [5.74, 6) is -0.978. The molecule has 0 spiro atoms. The standard InChI is InChI=1S/C29H35F4NO4/c1-4-37-28(36)13-12-25-24(8-5-9-26(25)29(31,32)33)20(3)38-18-23(35)17-34-14-6-7-22(34)15-21-11-10-19(2)27(30)16-21/h5,8-13,16,20,22-23,35H,4,6-7,14-15,17-18H2,1-3H3/t20-,22+,23-/m1/s1. The van der Waals surface area contributed by atoms with Crippen LogP contribution in [0.15, 0.2) is 42.5 Å². The third-order valence-electron chi connectivity index (χ3n) is 6.75. The van der Waals surface area contributed by atoms with Crippen LogP contribution in [0.25, 0.3) is 6.08 Å². The number of carbonyl (C=O) groups excluding carboxylic acids is 1. The number of alkyl halides is 3. The second kappa shape index (κ2) is 13.4. The highest BCUT2D eigenvalue weighted by atomic mass is 19.4. The zero-order valence-electron chi connectivity index (χ0n) is 21.9. The molecule has 38 heavy (non-hydrogen) atoms. The molecule has 0 radical (unpaired) electrons. The number of nitrogens with zero attached hydrogens (tertiary/aromatic N) is 1. The minimum absolute atomic E-state index is 0.0825. The summed E-state index contributed by atoms with van der Waals surface area (Å²) < 4.78 is 65.6. The Morgan fingerprint density at radius 2 is 2.03 bits per heavy atom. The van der Waals surface area contributed by atoms with Gasteiger partial charge in [0.2, 0.25) is 0 Å². The molecule has 0 aliphatic carbocycles. The molecule has 1 aliphatic rings. The van der Waals surface area contributed by atoms with E-state index in [1.807, 2.05) is 6.07 Å². The average Bonchev–Trinajstić information content (AvgIpc) is 3.29. The van der Waals surface area contributed by atoms with E-state index < -0.39 is 29.9 Å². The number of halogens is 4. The van der Waals surface area contributed by atoms with Gasteiger partial charge in [0.25, 0.3) is 0 Å². The summed E-state index contributed by atoms with van der Waals surface area (Å²) in [4.78, 5) is 13.9. The molecule has 0 unspecified atom stereocenters. The minimum atomic E-state index is -4.63. The fraction of sp³-hybridized carbons (Fsp3) is 0.483. The number of ether oxygens (including phenoxy) is 2. The van der Waals surface area contributed by atoms with Gasteiger partial charge in [0, 0.05) is 18.7 Å². The van der Waals surface area contributed by atoms with E-state index in [1.165, 1.54) is 12.1 Å². The average molecular weight is 538 g/mol. The number of β-amino-alcohol motifs (C(OH)–C–C–N with tert-alkyl or cyclic N) is 1. The van der Waals surface area contributed by atoms with Crippen LogP contribution in [0.3, 0.4) is 0 Å². The molecule has 0 saturated carbocycles. The molecule has 1 fully saturated rings. The van der Waals surface area contributed by atoms with E-state index in [0.29, 0.717) is 18.5 Å². The molecule has 208 valence electrons. The molecular formula is C29H35F4NO4. The van der Waals surface area contributed by atoms with Crippen LogP contribution in [0.2, 0.25) is 0 Å². The highest BCUT2D eigenvalue weighted by molar-refractivity contribution is 5.87. The van der Waals surface area contributed by atoms with E-state index >= 15 is 0 Å². The first-order valence-corrected chi connectivity index (χ1v) is 12.8. The number of aliphatic hydroxyl groups is 1. The van der Waals surface area contributed by atoms with Crippen LogP contribution in [-0.2, 0) is 26.9 Å². The van der Waals surface area contributed by atoms with E-state index in [0.717, 1.165) is 43.2 Å². The third-order valence-corrected chi connectivity index (χ3v) is 6.75. The van der Waals surface area contributed by atoms with Crippen molar-refractivity contribution in [2.24, 2.45) is 0 Å². The minimum Gasteiger partial charge on any atom is -0.463 e. The van der Waals surface area contributed by atoms with E-state index in [9.17, 15) is 27.5 Å². The predicted octanol–water partition coefficient (Wildman–Crippen LogP) is 5.87. The normalized spacial score (nSPS) is 18.2. The van der Waals surface area contributed by atoms with Gasteiger partial charge in [0.05, 0.1) is 31.0 Å². The van der Waals surface area contributed by atoms with Gasteiger partial charge < -0.3 is 14.6 Å². The van der Waals surface area contributed by atoms with Crippen LogP contribution in [0, 0.1) is 12.7 Å². The van der Waals surface area contributed by atoms with Crippen LogP contribution in [0.5, 0.6) is 0 Å². The van der Waals surface area contributed by atoms with E-state index in [-0.39, 0.29) is 36.2 Å². The summed E-state index contributed by atoms with van der Waals surface area (Å²) in [7, 11) is 0. The number of carbonyl (C=O) groups is 1. The van der Waals surface area contributed by atoms with Crippen molar-refractivity contribution in [2.75, 3.05) is 26.3 Å². The van der Waals surface area contributed by atoms with Crippen molar-refractivity contribution in [1.29, 1.82) is 0 Å². The van der Waals surface area contributed by atoms with Crippen LogP contribution >= 0.6 is 0 Å². The molecule has 3 rings (SSSR count). The maximum absolute atomic E-state index is 14.0. The number of hydrogen-bond donors (Lipinski definition) is 1. The van der Waals surface area contributed by atoms with Crippen molar-refractivity contribution in [2.45, 2.75) is 64.5 Å². The van der Waals surface area contributed by atoms with Gasteiger partial charge in [0.1, 0.15) is 5.82 Å². The molecule has 3 atom stereocenters. The largest absolute Gasteiger partial charge is 0.463 e. The first-order valence-electron chi connectivity index (χ1n) is 12.8. The fourth-order valence-corrected chi connectivity index (χ4v) is 4.78. The quantitative estimate of drug-likeness (QED) is 0.221. The Morgan fingerprint density at radius 3 is 2.71 bits per heavy atom. The van der Waals surface area contributed by atoms with Gasteiger partial charge in [-0.1, -0.05) is 24.3 Å². The first-order chi connectivity index (χ1) is 18.0. The van der Waals surface area contributed by atoms with Crippen LogP contribution < -0.4 is 0 Å². The lowest BCUT2D eigenvalue weighted by Crippen LogP contribution is -2.39. The monoisotopic (exact) mass is 537 g/mol. The van der Waals surface area contributed by atoms with Gasteiger partial charge in [-0.15, -0.1) is 0 Å². The Kier molecular flexibility index (Phi) is 10.5. The first kappa shape index (κ1) is 29.8. The van der Waals surface area contributed by atoms with Gasteiger partial charge in [-0.25, -0.2) is 9.18 Å². The SMILES string of the molecule is CCOC(=O)C=Cc1c([C@@H](C)OC[C@H](O)CN2CCC[C@H]2Cc2ccc(C)c(F)c2)cccc1C(F)(F)F. The summed E-state index contributed by atoms with van der Waals surface area (Å²) in [6, 6.07) is 9.14. The Morgan fingerprint density at radius 1 is 1.26 bits per heavy atom. The summed E-state index contributed by atoms with van der Waals surface area (Å²) in [6.45, 7) is 6.08. The number of likely N-dealkylation sites (tertiary alicyclic amines) is 1. The summed E-state index contributed by atoms with van der Waals surface area (Å²) in [5.41, 5.74) is 0.670. The van der Waals surface area contributed by atoms with Gasteiger partial charge >= 0.3 is 12.1 Å². The Hall–Kier alpha value is -2.75. The maximum atomic E-state index is 14.0. The molecule has 0 amide bonds. The molecule has 0 aromatic heterocycles. The number of aliphatic hydroxyl groups excluding tert-OH is 1. The molecule has 1 N–H and O–H groups in total. The molecule has 5 nitrogen and oxygen atoms in total. The van der Waals surface area contributed by atoms with Crippen molar-refractivity contribution in [3.8, 4) is 0 Å². The highest BCUT2D eigenvalue weighted by Crippen LogP contribution is 2.36. The number of rotatable bonds is 11. The van der Waals surface area contributed by atoms with E-state index in [1.54, 1.807) is 32.9 Å². The lowest BCUT2D eigenvalue weighted by atomic mass is 9.96. The molecule has 2 aromatic rings. The number of hydrogen-bond acceptors (Lipinski definition) is 5. The maximum Gasteiger partial charge on any atom is 0.416 e.